The Kier molecular flexibility index (Phi) is 5.04. The third kappa shape index (κ3) is 3.58. The number of para-hydroxylation sites is 1. The number of nitrogens with one attached hydrogen (secondary N) is 1. The molecular formula is C16H21N3O3. The number of nitrogens with zero attached hydrogens (tertiary/aromatic N) is 2. The Morgan fingerprint density at radius 3 is 2.73 bits per heavy atom. The lowest BCUT2D eigenvalue weighted by Crippen LogP contribution is -2.36. The number of methoxy groups -OCH3 is 1. The van der Waals surface area contributed by atoms with Crippen LogP contribution in [0.1, 0.15) is 22.6 Å². The van der Waals surface area contributed by atoms with Gasteiger partial charge in [-0.3, -0.25) is 0 Å². The SMILES string of the molecule is COc1ccccc1CN(C)C(=O)NCc1c(C)noc1C. The first-order valence-electron chi connectivity index (χ1n) is 7.05. The molecule has 1 N–H and O–H groups in total. The molecule has 0 atom stereocenters. The van der Waals surface area contributed by atoms with Crippen LogP contribution in [0.25, 0.3) is 0 Å². The van der Waals surface area contributed by atoms with Crippen molar-refractivity contribution in [2.45, 2.75) is 26.9 Å². The minimum atomic E-state index is -0.161. The molecule has 2 rings (SSSR count). The highest BCUT2D eigenvalue weighted by molar-refractivity contribution is 5.74. The molecule has 6 heteroatoms. The largest absolute Gasteiger partial charge is 0.496 e. The molecule has 0 saturated carbocycles. The van der Waals surface area contributed by atoms with Gasteiger partial charge in [-0.2, -0.15) is 0 Å². The van der Waals surface area contributed by atoms with Crippen LogP contribution >= 0.6 is 0 Å². The maximum Gasteiger partial charge on any atom is 0.317 e. The normalized spacial score (nSPS) is 10.4. The third-order valence-electron chi connectivity index (χ3n) is 3.54. The van der Waals surface area contributed by atoms with Gasteiger partial charge in [-0.05, 0) is 19.9 Å². The van der Waals surface area contributed by atoms with Crippen LogP contribution in [0.3, 0.4) is 0 Å². The van der Waals surface area contributed by atoms with E-state index in [1.807, 2.05) is 38.1 Å². The van der Waals surface area contributed by atoms with Crippen molar-refractivity contribution in [1.82, 2.24) is 15.4 Å². The third-order valence-corrected chi connectivity index (χ3v) is 3.54. The van der Waals surface area contributed by atoms with Crippen LogP contribution in [0.4, 0.5) is 4.79 Å². The lowest BCUT2D eigenvalue weighted by molar-refractivity contribution is 0.206. The van der Waals surface area contributed by atoms with E-state index in [2.05, 4.69) is 10.5 Å². The molecule has 6 nitrogen and oxygen atoms in total. The second-order valence-electron chi connectivity index (χ2n) is 5.13. The first kappa shape index (κ1) is 15.9. The molecule has 0 fully saturated rings. The van der Waals surface area contributed by atoms with Crippen LogP contribution in [-0.2, 0) is 13.1 Å². The summed E-state index contributed by atoms with van der Waals surface area (Å²) >= 11 is 0. The fourth-order valence-electron chi connectivity index (χ4n) is 2.21. The van der Waals surface area contributed by atoms with E-state index >= 15 is 0 Å². The van der Waals surface area contributed by atoms with Gasteiger partial charge in [0.2, 0.25) is 0 Å². The van der Waals surface area contributed by atoms with E-state index in [4.69, 9.17) is 9.26 Å². The number of ether oxygens (including phenoxy) is 1. The van der Waals surface area contributed by atoms with Crippen molar-refractivity contribution in [3.8, 4) is 5.75 Å². The van der Waals surface area contributed by atoms with Gasteiger partial charge >= 0.3 is 6.03 Å². The summed E-state index contributed by atoms with van der Waals surface area (Å²) in [7, 11) is 3.37. The molecule has 2 amide bonds. The highest BCUT2D eigenvalue weighted by atomic mass is 16.5. The Morgan fingerprint density at radius 1 is 1.36 bits per heavy atom. The molecule has 0 spiro atoms. The molecule has 0 saturated heterocycles. The van der Waals surface area contributed by atoms with Crippen molar-refractivity contribution in [2.24, 2.45) is 0 Å². The van der Waals surface area contributed by atoms with Crippen LogP contribution in [0.5, 0.6) is 5.75 Å². The molecule has 2 aromatic rings. The summed E-state index contributed by atoms with van der Waals surface area (Å²) in [4.78, 5) is 13.8. The summed E-state index contributed by atoms with van der Waals surface area (Å²) in [6, 6.07) is 7.49. The standard InChI is InChI=1S/C16H21N3O3/c1-11-14(12(2)22-18-11)9-17-16(20)19(3)10-13-7-5-6-8-15(13)21-4/h5-8H,9-10H2,1-4H3,(H,17,20). The maximum atomic E-state index is 12.2. The Labute approximate surface area is 130 Å². The maximum absolute atomic E-state index is 12.2. The fourth-order valence-corrected chi connectivity index (χ4v) is 2.21. The predicted molar refractivity (Wildman–Crippen MR) is 82.7 cm³/mol. The first-order chi connectivity index (χ1) is 10.5. The molecule has 118 valence electrons. The number of rotatable bonds is 5. The van der Waals surface area contributed by atoms with Crippen molar-refractivity contribution in [3.05, 3.63) is 46.8 Å². The zero-order valence-corrected chi connectivity index (χ0v) is 13.3. The van der Waals surface area contributed by atoms with Crippen molar-refractivity contribution in [3.63, 3.8) is 0 Å². The molecule has 0 aliphatic heterocycles. The number of carbonyl (C=O) groups excluding carboxylic acids is 1. The number of hydrogen-bond donors (Lipinski definition) is 1. The minimum absolute atomic E-state index is 0.161. The fraction of sp³-hybridized carbons (Fsp3) is 0.375. The van der Waals surface area contributed by atoms with Crippen LogP contribution < -0.4 is 10.1 Å². The number of aromatic nitrogens is 1. The van der Waals surface area contributed by atoms with Gasteiger partial charge < -0.3 is 19.5 Å². The lowest BCUT2D eigenvalue weighted by atomic mass is 10.2. The Bertz CT molecular complexity index is 632. The molecule has 0 unspecified atom stereocenters. The summed E-state index contributed by atoms with van der Waals surface area (Å²) in [5.41, 5.74) is 2.67. The number of urea groups is 1. The van der Waals surface area contributed by atoms with Crippen molar-refractivity contribution in [1.29, 1.82) is 0 Å². The molecule has 22 heavy (non-hydrogen) atoms. The summed E-state index contributed by atoms with van der Waals surface area (Å²) in [6.45, 7) is 4.56. The van der Waals surface area contributed by atoms with Gasteiger partial charge in [0.05, 0.1) is 19.3 Å². The first-order valence-corrected chi connectivity index (χ1v) is 7.05. The number of aryl methyl sites for hydroxylation is 2. The average Bonchev–Trinajstić information content (AvgIpc) is 2.84. The van der Waals surface area contributed by atoms with Crippen molar-refractivity contribution in [2.75, 3.05) is 14.2 Å². The molecule has 1 aromatic carbocycles. The minimum Gasteiger partial charge on any atom is -0.496 e. The monoisotopic (exact) mass is 303 g/mol. The highest BCUT2D eigenvalue weighted by Gasteiger charge is 2.14. The van der Waals surface area contributed by atoms with E-state index in [0.29, 0.717) is 13.1 Å². The van der Waals surface area contributed by atoms with Crippen LogP contribution in [0.15, 0.2) is 28.8 Å². The predicted octanol–water partition coefficient (Wildman–Crippen LogP) is 2.64. The molecule has 0 radical (unpaired) electrons. The number of hydrogen-bond acceptors (Lipinski definition) is 4. The van der Waals surface area contributed by atoms with Gasteiger partial charge in [-0.15, -0.1) is 0 Å². The zero-order valence-electron chi connectivity index (χ0n) is 13.3. The second kappa shape index (κ2) is 6.98. The van der Waals surface area contributed by atoms with E-state index in [1.165, 1.54) is 0 Å². The van der Waals surface area contributed by atoms with E-state index < -0.39 is 0 Å². The summed E-state index contributed by atoms with van der Waals surface area (Å²) in [6.07, 6.45) is 0. The van der Waals surface area contributed by atoms with Gasteiger partial charge in [-0.25, -0.2) is 4.79 Å². The number of carbonyl (C=O) groups is 1. The number of amides is 2. The van der Waals surface area contributed by atoms with Gasteiger partial charge in [0.1, 0.15) is 11.5 Å². The summed E-state index contributed by atoms with van der Waals surface area (Å²) in [5.74, 6) is 1.50. The van der Waals surface area contributed by atoms with Gasteiger partial charge in [0.25, 0.3) is 0 Å². The zero-order chi connectivity index (χ0) is 16.1. The molecule has 0 aliphatic carbocycles. The Balaban J connectivity index is 1.95. The number of benzene rings is 1. The quantitative estimate of drug-likeness (QED) is 0.922. The van der Waals surface area contributed by atoms with Crippen LogP contribution in [0.2, 0.25) is 0 Å². The van der Waals surface area contributed by atoms with E-state index in [1.54, 1.807) is 19.1 Å². The van der Waals surface area contributed by atoms with Crippen LogP contribution in [-0.4, -0.2) is 30.2 Å². The van der Waals surface area contributed by atoms with Gasteiger partial charge in [0, 0.05) is 24.7 Å². The van der Waals surface area contributed by atoms with Gasteiger partial charge in [0.15, 0.2) is 0 Å². The Morgan fingerprint density at radius 2 is 2.09 bits per heavy atom. The van der Waals surface area contributed by atoms with E-state index in [0.717, 1.165) is 28.3 Å². The van der Waals surface area contributed by atoms with Crippen LogP contribution in [0, 0.1) is 13.8 Å². The van der Waals surface area contributed by atoms with E-state index in [-0.39, 0.29) is 6.03 Å². The highest BCUT2D eigenvalue weighted by Crippen LogP contribution is 2.18. The molecule has 0 aliphatic rings. The second-order valence-corrected chi connectivity index (χ2v) is 5.13. The summed E-state index contributed by atoms with van der Waals surface area (Å²) < 4.78 is 10.4. The van der Waals surface area contributed by atoms with Gasteiger partial charge in [-0.1, -0.05) is 23.4 Å². The molecular weight excluding hydrogens is 282 g/mol. The van der Waals surface area contributed by atoms with Crippen molar-refractivity contribution >= 4 is 6.03 Å². The molecule has 1 heterocycles. The molecule has 0 bridgehead atoms. The lowest BCUT2D eigenvalue weighted by Gasteiger charge is -2.19. The smallest absolute Gasteiger partial charge is 0.317 e. The average molecular weight is 303 g/mol. The topological polar surface area (TPSA) is 67.6 Å². The van der Waals surface area contributed by atoms with Crippen molar-refractivity contribution < 1.29 is 14.1 Å². The Hall–Kier alpha value is -2.50. The molecule has 1 aromatic heterocycles. The summed E-state index contributed by atoms with van der Waals surface area (Å²) in [5, 5.41) is 6.74. The van der Waals surface area contributed by atoms with E-state index in [9.17, 15) is 4.79 Å².